The third kappa shape index (κ3) is 3.78. The SMILES string of the molecule is O=C(NC1(C(=O)N2CCc3sc(C(=O)O)cc3C2)CC1)OCC1c2ccccc2-c2ccccc21. The van der Waals surface area contributed by atoms with Crippen LogP contribution in [0.4, 0.5) is 4.79 Å². The molecule has 2 amide bonds. The number of nitrogens with one attached hydrogen (secondary N) is 1. The number of rotatable bonds is 5. The molecule has 3 aromatic rings. The minimum Gasteiger partial charge on any atom is -0.477 e. The molecule has 2 aliphatic carbocycles. The molecule has 2 heterocycles. The van der Waals surface area contributed by atoms with Crippen molar-refractivity contribution in [3.8, 4) is 11.1 Å². The van der Waals surface area contributed by atoms with Gasteiger partial charge in [-0.3, -0.25) is 4.79 Å². The zero-order valence-corrected chi connectivity index (χ0v) is 19.8. The molecule has 0 unspecified atom stereocenters. The molecule has 35 heavy (non-hydrogen) atoms. The van der Waals surface area contributed by atoms with Crippen molar-refractivity contribution in [1.29, 1.82) is 0 Å². The lowest BCUT2D eigenvalue weighted by molar-refractivity contribution is -0.135. The first kappa shape index (κ1) is 21.9. The standard InChI is InChI=1S/C27H24N2O5S/c30-24(31)23-13-16-14-29(12-9-22(16)35-23)25(32)27(10-11-27)28-26(33)34-15-21-19-7-3-1-5-17(19)18-6-2-4-8-20(18)21/h1-8,13,21H,9-12,14-15H2,(H,28,33)(H,30,31). The summed E-state index contributed by atoms with van der Waals surface area (Å²) >= 11 is 1.27. The maximum Gasteiger partial charge on any atom is 0.408 e. The second-order valence-corrected chi connectivity index (χ2v) is 10.5. The van der Waals surface area contributed by atoms with E-state index in [2.05, 4.69) is 29.6 Å². The number of ether oxygens (including phenoxy) is 1. The van der Waals surface area contributed by atoms with Gasteiger partial charge in [0.2, 0.25) is 5.91 Å². The molecule has 0 radical (unpaired) electrons. The van der Waals surface area contributed by atoms with Gasteiger partial charge in [0, 0.05) is 23.9 Å². The van der Waals surface area contributed by atoms with Crippen LogP contribution in [0.25, 0.3) is 11.1 Å². The Bertz CT molecular complexity index is 1310. The molecule has 1 saturated carbocycles. The van der Waals surface area contributed by atoms with Crippen LogP contribution in [-0.4, -0.2) is 46.7 Å². The molecule has 8 heteroatoms. The first-order valence-corrected chi connectivity index (χ1v) is 12.5. The maximum absolute atomic E-state index is 13.3. The number of carbonyl (C=O) groups excluding carboxylic acids is 2. The molecular weight excluding hydrogens is 464 g/mol. The number of hydrogen-bond donors (Lipinski definition) is 2. The highest BCUT2D eigenvalue weighted by molar-refractivity contribution is 7.14. The quantitative estimate of drug-likeness (QED) is 0.555. The van der Waals surface area contributed by atoms with Crippen LogP contribution in [-0.2, 0) is 22.5 Å². The Kier molecular flexibility index (Phi) is 5.14. The largest absolute Gasteiger partial charge is 0.477 e. The monoisotopic (exact) mass is 488 g/mol. The lowest BCUT2D eigenvalue weighted by atomic mass is 9.98. The van der Waals surface area contributed by atoms with Crippen LogP contribution in [0.2, 0.25) is 0 Å². The number of aromatic carboxylic acids is 1. The first-order chi connectivity index (χ1) is 16.9. The Hall–Kier alpha value is -3.65. The lowest BCUT2D eigenvalue weighted by Gasteiger charge is -2.31. The minimum atomic E-state index is -0.946. The van der Waals surface area contributed by atoms with Gasteiger partial charge in [0.15, 0.2) is 0 Å². The highest BCUT2D eigenvalue weighted by atomic mass is 32.1. The molecule has 1 aliphatic heterocycles. The van der Waals surface area contributed by atoms with E-state index in [9.17, 15) is 19.5 Å². The van der Waals surface area contributed by atoms with Crippen molar-refractivity contribution in [3.63, 3.8) is 0 Å². The zero-order valence-electron chi connectivity index (χ0n) is 19.0. The average molecular weight is 489 g/mol. The smallest absolute Gasteiger partial charge is 0.408 e. The normalized spacial score (nSPS) is 17.2. The number of alkyl carbamates (subject to hydrolysis) is 1. The second kappa shape index (κ2) is 8.23. The van der Waals surface area contributed by atoms with E-state index in [1.807, 2.05) is 24.3 Å². The fourth-order valence-electron chi connectivity index (χ4n) is 5.26. The van der Waals surface area contributed by atoms with E-state index in [1.54, 1.807) is 11.0 Å². The highest BCUT2D eigenvalue weighted by Crippen LogP contribution is 2.45. The van der Waals surface area contributed by atoms with Crippen molar-refractivity contribution in [1.82, 2.24) is 10.2 Å². The van der Waals surface area contributed by atoms with Crippen molar-refractivity contribution in [3.05, 3.63) is 81.0 Å². The topological polar surface area (TPSA) is 95.9 Å². The number of carboxylic acids is 1. The third-order valence-electron chi connectivity index (χ3n) is 7.21. The Balaban J connectivity index is 1.11. The van der Waals surface area contributed by atoms with Gasteiger partial charge in [-0.2, -0.15) is 0 Å². The molecule has 1 fully saturated rings. The van der Waals surface area contributed by atoms with E-state index in [0.29, 0.717) is 37.2 Å². The van der Waals surface area contributed by atoms with Gasteiger partial charge in [-0.05, 0) is 53.1 Å². The summed E-state index contributed by atoms with van der Waals surface area (Å²) in [7, 11) is 0. The van der Waals surface area contributed by atoms with Gasteiger partial charge in [-0.25, -0.2) is 9.59 Å². The number of amides is 2. The molecule has 6 rings (SSSR count). The Labute approximate surface area is 206 Å². The fraction of sp³-hybridized carbons (Fsp3) is 0.296. The van der Waals surface area contributed by atoms with E-state index >= 15 is 0 Å². The number of carboxylic acid groups (broad SMARTS) is 1. The maximum atomic E-state index is 13.3. The number of thiophene rings is 1. The second-order valence-electron chi connectivity index (χ2n) is 9.37. The predicted molar refractivity (Wildman–Crippen MR) is 131 cm³/mol. The van der Waals surface area contributed by atoms with E-state index in [0.717, 1.165) is 32.7 Å². The summed E-state index contributed by atoms with van der Waals surface area (Å²) in [6.45, 7) is 1.08. The van der Waals surface area contributed by atoms with Gasteiger partial charge < -0.3 is 20.1 Å². The van der Waals surface area contributed by atoms with Crippen molar-refractivity contribution in [2.45, 2.75) is 37.3 Å². The summed E-state index contributed by atoms with van der Waals surface area (Å²) in [4.78, 5) is 40.4. The Morgan fingerprint density at radius 3 is 2.34 bits per heavy atom. The average Bonchev–Trinajstić information content (AvgIpc) is 3.39. The third-order valence-corrected chi connectivity index (χ3v) is 8.43. The van der Waals surface area contributed by atoms with E-state index in [1.165, 1.54) is 11.3 Å². The van der Waals surface area contributed by atoms with Crippen LogP contribution in [0.15, 0.2) is 54.6 Å². The number of benzene rings is 2. The highest BCUT2D eigenvalue weighted by Gasteiger charge is 2.53. The molecule has 0 spiro atoms. The van der Waals surface area contributed by atoms with Crippen LogP contribution in [0, 0.1) is 0 Å². The molecule has 0 atom stereocenters. The van der Waals surface area contributed by atoms with Gasteiger partial charge in [0.25, 0.3) is 0 Å². The van der Waals surface area contributed by atoms with Gasteiger partial charge in [0.05, 0.1) is 0 Å². The number of carbonyl (C=O) groups is 3. The molecule has 178 valence electrons. The van der Waals surface area contributed by atoms with E-state index in [-0.39, 0.29) is 18.4 Å². The van der Waals surface area contributed by atoms with Crippen molar-refractivity contribution in [2.24, 2.45) is 0 Å². The zero-order chi connectivity index (χ0) is 24.2. The Morgan fingerprint density at radius 2 is 1.71 bits per heavy atom. The molecule has 7 nitrogen and oxygen atoms in total. The molecule has 1 aromatic heterocycles. The predicted octanol–water partition coefficient (Wildman–Crippen LogP) is 4.40. The van der Waals surface area contributed by atoms with Crippen LogP contribution >= 0.6 is 11.3 Å². The Morgan fingerprint density at radius 1 is 1.06 bits per heavy atom. The van der Waals surface area contributed by atoms with Crippen LogP contribution in [0.1, 0.15) is 50.0 Å². The van der Waals surface area contributed by atoms with Gasteiger partial charge in [-0.15, -0.1) is 11.3 Å². The van der Waals surface area contributed by atoms with Crippen molar-refractivity contribution < 1.29 is 24.2 Å². The van der Waals surface area contributed by atoms with Gasteiger partial charge in [0.1, 0.15) is 17.0 Å². The van der Waals surface area contributed by atoms with Crippen LogP contribution in [0.3, 0.4) is 0 Å². The summed E-state index contributed by atoms with van der Waals surface area (Å²) in [6, 6.07) is 18.0. The van der Waals surface area contributed by atoms with Crippen molar-refractivity contribution >= 4 is 29.3 Å². The van der Waals surface area contributed by atoms with E-state index in [4.69, 9.17) is 4.74 Å². The fourth-order valence-corrected chi connectivity index (χ4v) is 6.26. The first-order valence-electron chi connectivity index (χ1n) is 11.7. The molecule has 2 aromatic carbocycles. The molecule has 0 bridgehead atoms. The van der Waals surface area contributed by atoms with Gasteiger partial charge >= 0.3 is 12.1 Å². The summed E-state index contributed by atoms with van der Waals surface area (Å²) in [5.41, 5.74) is 4.55. The van der Waals surface area contributed by atoms with Gasteiger partial charge in [-0.1, -0.05) is 48.5 Å². The lowest BCUT2D eigenvalue weighted by Crippen LogP contribution is -2.51. The van der Waals surface area contributed by atoms with Crippen LogP contribution in [0.5, 0.6) is 0 Å². The van der Waals surface area contributed by atoms with E-state index < -0.39 is 17.6 Å². The van der Waals surface area contributed by atoms with Crippen molar-refractivity contribution in [2.75, 3.05) is 13.2 Å². The summed E-state index contributed by atoms with van der Waals surface area (Å²) < 4.78 is 5.65. The number of hydrogen-bond acceptors (Lipinski definition) is 5. The molecule has 3 aliphatic rings. The summed E-state index contributed by atoms with van der Waals surface area (Å²) in [5.74, 6) is -1.11. The summed E-state index contributed by atoms with van der Waals surface area (Å²) in [6.07, 6.45) is 1.19. The van der Waals surface area contributed by atoms with Crippen LogP contribution < -0.4 is 5.32 Å². The number of nitrogens with zero attached hydrogens (tertiary/aromatic N) is 1. The molecule has 0 saturated heterocycles. The minimum absolute atomic E-state index is 0.0402. The molecule has 2 N–H and O–H groups in total. The number of fused-ring (bicyclic) bond motifs is 4. The summed E-state index contributed by atoms with van der Waals surface area (Å²) in [5, 5.41) is 12.1. The molecular formula is C27H24N2O5S.